The van der Waals surface area contributed by atoms with Crippen molar-refractivity contribution in [2.45, 2.75) is 31.6 Å². The lowest BCUT2D eigenvalue weighted by Gasteiger charge is -2.30. The number of rotatable bonds is 2. The molecule has 0 bridgehead atoms. The van der Waals surface area contributed by atoms with E-state index in [0.717, 1.165) is 0 Å². The van der Waals surface area contributed by atoms with Gasteiger partial charge in [-0.3, -0.25) is 5.32 Å². The zero-order valence-electron chi connectivity index (χ0n) is 6.78. The highest BCUT2D eigenvalue weighted by molar-refractivity contribution is 4.75. The van der Waals surface area contributed by atoms with Crippen molar-refractivity contribution in [3.05, 3.63) is 0 Å². The molecular weight excluding hydrogens is 126 g/mol. The van der Waals surface area contributed by atoms with Crippen molar-refractivity contribution in [1.29, 1.82) is 0 Å². The Hall–Kier alpha value is -0.120. The molecule has 3 nitrogen and oxygen atoms in total. The third kappa shape index (κ3) is 1.94. The summed E-state index contributed by atoms with van der Waals surface area (Å²) in [6, 6.07) is 0. The summed E-state index contributed by atoms with van der Waals surface area (Å²) in [6.45, 7) is 0. The number of piperidine rings is 1. The highest BCUT2D eigenvalue weighted by atomic mass is 15.2. The maximum absolute atomic E-state index is 3.43. The molecule has 3 N–H and O–H groups in total. The van der Waals surface area contributed by atoms with E-state index in [1.54, 1.807) is 0 Å². The number of hydrogen-bond donors (Lipinski definition) is 3. The van der Waals surface area contributed by atoms with Gasteiger partial charge in [-0.05, 0) is 33.4 Å². The van der Waals surface area contributed by atoms with E-state index in [1.807, 2.05) is 14.1 Å². The minimum atomic E-state index is 0.506. The smallest absolute Gasteiger partial charge is 0.0581 e. The van der Waals surface area contributed by atoms with Gasteiger partial charge in [-0.15, -0.1) is 0 Å². The molecule has 2 atom stereocenters. The molecule has 0 aromatic rings. The average molecular weight is 143 g/mol. The van der Waals surface area contributed by atoms with Gasteiger partial charge in [0.15, 0.2) is 0 Å². The highest BCUT2D eigenvalue weighted by Crippen LogP contribution is 2.07. The first kappa shape index (κ1) is 7.98. The molecule has 3 heteroatoms. The molecule has 0 saturated carbocycles. The Morgan fingerprint density at radius 3 is 2.00 bits per heavy atom. The summed E-state index contributed by atoms with van der Waals surface area (Å²) in [7, 11) is 3.99. The summed E-state index contributed by atoms with van der Waals surface area (Å²) in [5, 5.41) is 9.86. The van der Waals surface area contributed by atoms with Crippen LogP contribution in [0, 0.1) is 0 Å². The molecule has 1 aliphatic rings. The van der Waals surface area contributed by atoms with Crippen LogP contribution in [0.4, 0.5) is 0 Å². The average Bonchev–Trinajstić information content (AvgIpc) is 2.05. The van der Waals surface area contributed by atoms with E-state index in [-0.39, 0.29) is 0 Å². The van der Waals surface area contributed by atoms with Crippen LogP contribution in [0.5, 0.6) is 0 Å². The van der Waals surface area contributed by atoms with Gasteiger partial charge in [0.2, 0.25) is 0 Å². The Morgan fingerprint density at radius 1 is 1.10 bits per heavy atom. The van der Waals surface area contributed by atoms with E-state index in [0.29, 0.717) is 12.3 Å². The molecule has 1 heterocycles. The minimum absolute atomic E-state index is 0.506. The molecule has 1 fully saturated rings. The van der Waals surface area contributed by atoms with Crippen LogP contribution >= 0.6 is 0 Å². The second-order valence-electron chi connectivity index (χ2n) is 2.78. The van der Waals surface area contributed by atoms with E-state index in [1.165, 1.54) is 19.3 Å². The second kappa shape index (κ2) is 3.91. The fourth-order valence-corrected chi connectivity index (χ4v) is 1.39. The predicted octanol–water partition coefficient (Wildman–Crippen LogP) is -0.149. The van der Waals surface area contributed by atoms with Crippen molar-refractivity contribution in [3.63, 3.8) is 0 Å². The zero-order chi connectivity index (χ0) is 7.40. The molecular formula is C7H17N3. The maximum Gasteiger partial charge on any atom is 0.0581 e. The Balaban J connectivity index is 2.25. The number of nitrogens with one attached hydrogen (secondary N) is 3. The molecule has 60 valence electrons. The van der Waals surface area contributed by atoms with Crippen LogP contribution in [0.15, 0.2) is 0 Å². The second-order valence-corrected chi connectivity index (χ2v) is 2.78. The molecule has 10 heavy (non-hydrogen) atoms. The van der Waals surface area contributed by atoms with Crippen molar-refractivity contribution < 1.29 is 0 Å². The van der Waals surface area contributed by atoms with Crippen LogP contribution in [0.1, 0.15) is 19.3 Å². The number of hydrogen-bond acceptors (Lipinski definition) is 3. The third-order valence-electron chi connectivity index (χ3n) is 2.08. The summed E-state index contributed by atoms with van der Waals surface area (Å²) in [5.41, 5.74) is 0. The first-order valence-electron chi connectivity index (χ1n) is 3.97. The Labute approximate surface area is 62.6 Å². The van der Waals surface area contributed by atoms with Crippen LogP contribution in [0.3, 0.4) is 0 Å². The first-order valence-corrected chi connectivity index (χ1v) is 3.97. The maximum atomic E-state index is 3.43. The van der Waals surface area contributed by atoms with Crippen LogP contribution in [0.2, 0.25) is 0 Å². The standard InChI is InChI=1S/C7H17N3/c1-8-6-4-3-5-7(9-2)10-6/h6-10H,3-5H2,1-2H3. The molecule has 0 radical (unpaired) electrons. The lowest BCUT2D eigenvalue weighted by molar-refractivity contribution is 0.270. The van der Waals surface area contributed by atoms with Crippen LogP contribution in [-0.4, -0.2) is 26.4 Å². The van der Waals surface area contributed by atoms with Crippen molar-refractivity contribution in [3.8, 4) is 0 Å². The zero-order valence-corrected chi connectivity index (χ0v) is 6.78. The highest BCUT2D eigenvalue weighted by Gasteiger charge is 2.16. The summed E-state index contributed by atoms with van der Waals surface area (Å²) < 4.78 is 0. The van der Waals surface area contributed by atoms with Gasteiger partial charge >= 0.3 is 0 Å². The van der Waals surface area contributed by atoms with Gasteiger partial charge in [0.25, 0.3) is 0 Å². The van der Waals surface area contributed by atoms with Crippen LogP contribution in [0.25, 0.3) is 0 Å². The molecule has 1 aliphatic heterocycles. The topological polar surface area (TPSA) is 36.1 Å². The van der Waals surface area contributed by atoms with Crippen molar-refractivity contribution in [2.75, 3.05) is 14.1 Å². The fraction of sp³-hybridized carbons (Fsp3) is 1.00. The lowest BCUT2D eigenvalue weighted by atomic mass is 10.1. The van der Waals surface area contributed by atoms with E-state index in [9.17, 15) is 0 Å². The Bertz CT molecular complexity index is 84.9. The molecule has 0 aliphatic carbocycles. The summed E-state index contributed by atoms with van der Waals surface area (Å²) in [4.78, 5) is 0. The summed E-state index contributed by atoms with van der Waals surface area (Å²) >= 11 is 0. The molecule has 0 aromatic heterocycles. The van der Waals surface area contributed by atoms with E-state index < -0.39 is 0 Å². The molecule has 1 saturated heterocycles. The lowest BCUT2D eigenvalue weighted by Crippen LogP contribution is -2.53. The Morgan fingerprint density at radius 2 is 1.60 bits per heavy atom. The largest absolute Gasteiger partial charge is 0.305 e. The van der Waals surface area contributed by atoms with Gasteiger partial charge in [0, 0.05) is 0 Å². The van der Waals surface area contributed by atoms with E-state index in [2.05, 4.69) is 16.0 Å². The van der Waals surface area contributed by atoms with Gasteiger partial charge in [-0.1, -0.05) is 0 Å². The quantitative estimate of drug-likeness (QED) is 0.503. The first-order chi connectivity index (χ1) is 4.86. The van der Waals surface area contributed by atoms with Gasteiger partial charge in [0.1, 0.15) is 0 Å². The van der Waals surface area contributed by atoms with Gasteiger partial charge in [-0.2, -0.15) is 0 Å². The van der Waals surface area contributed by atoms with E-state index >= 15 is 0 Å². The van der Waals surface area contributed by atoms with Crippen molar-refractivity contribution in [2.24, 2.45) is 0 Å². The van der Waals surface area contributed by atoms with Gasteiger partial charge in [-0.25, -0.2) is 0 Å². The Kier molecular flexibility index (Phi) is 3.12. The molecule has 0 amide bonds. The summed E-state index contributed by atoms with van der Waals surface area (Å²) in [5.74, 6) is 0. The fourth-order valence-electron chi connectivity index (χ4n) is 1.39. The monoisotopic (exact) mass is 143 g/mol. The minimum Gasteiger partial charge on any atom is -0.305 e. The SMILES string of the molecule is CNC1CCCC(NC)N1. The van der Waals surface area contributed by atoms with Crippen molar-refractivity contribution in [1.82, 2.24) is 16.0 Å². The predicted molar refractivity (Wildman–Crippen MR) is 42.7 cm³/mol. The molecule has 1 rings (SSSR count). The van der Waals surface area contributed by atoms with Gasteiger partial charge < -0.3 is 10.6 Å². The molecule has 0 aromatic carbocycles. The summed E-state index contributed by atoms with van der Waals surface area (Å²) in [6.07, 6.45) is 4.81. The normalized spacial score (nSPS) is 34.2. The van der Waals surface area contributed by atoms with Crippen LogP contribution in [-0.2, 0) is 0 Å². The van der Waals surface area contributed by atoms with E-state index in [4.69, 9.17) is 0 Å². The third-order valence-corrected chi connectivity index (χ3v) is 2.08. The van der Waals surface area contributed by atoms with Gasteiger partial charge in [0.05, 0.1) is 12.3 Å². The molecule has 2 unspecified atom stereocenters. The molecule has 0 spiro atoms. The van der Waals surface area contributed by atoms with Crippen molar-refractivity contribution >= 4 is 0 Å². The van der Waals surface area contributed by atoms with Crippen LogP contribution < -0.4 is 16.0 Å².